The molecule has 27 heavy (non-hydrogen) atoms. The smallest absolute Gasteiger partial charge is 0.190 e. The van der Waals surface area contributed by atoms with Crippen molar-refractivity contribution in [2.75, 3.05) is 51.0 Å². The molecule has 0 saturated carbocycles. The summed E-state index contributed by atoms with van der Waals surface area (Å²) in [7, 11) is 0. The first-order chi connectivity index (χ1) is 13.1. The van der Waals surface area contributed by atoms with Crippen LogP contribution in [0.5, 0.6) is 0 Å². The van der Waals surface area contributed by atoms with Gasteiger partial charge in [-0.3, -0.25) is 4.90 Å². The van der Waals surface area contributed by atoms with E-state index in [1.54, 1.807) is 23.1 Å². The molecule has 1 atom stereocenters. The second-order valence-electron chi connectivity index (χ2n) is 7.39. The first-order valence-corrected chi connectivity index (χ1v) is 11.7. The number of fused-ring (bicyclic) bond motifs is 3. The predicted molar refractivity (Wildman–Crippen MR) is 112 cm³/mol. The van der Waals surface area contributed by atoms with Gasteiger partial charge in [0, 0.05) is 37.5 Å². The van der Waals surface area contributed by atoms with E-state index in [2.05, 4.69) is 24.1 Å². The van der Waals surface area contributed by atoms with Crippen molar-refractivity contribution in [2.45, 2.75) is 44.1 Å². The molecule has 0 radical (unpaired) electrons. The van der Waals surface area contributed by atoms with Crippen molar-refractivity contribution in [3.63, 3.8) is 0 Å². The van der Waals surface area contributed by atoms with Gasteiger partial charge in [-0.1, -0.05) is 18.7 Å². The van der Waals surface area contributed by atoms with Gasteiger partial charge in [0.05, 0.1) is 30.8 Å². The highest BCUT2D eigenvalue weighted by Crippen LogP contribution is 2.42. The largest absolute Gasteiger partial charge is 0.379 e. The van der Waals surface area contributed by atoms with Gasteiger partial charge >= 0.3 is 0 Å². The van der Waals surface area contributed by atoms with Crippen LogP contribution in [0.3, 0.4) is 0 Å². The lowest BCUT2D eigenvalue weighted by Gasteiger charge is -2.33. The highest BCUT2D eigenvalue weighted by molar-refractivity contribution is 7.98. The van der Waals surface area contributed by atoms with Gasteiger partial charge < -0.3 is 14.8 Å². The molecule has 0 unspecified atom stereocenters. The zero-order chi connectivity index (χ0) is 18.9. The molecule has 2 aromatic heterocycles. The van der Waals surface area contributed by atoms with Crippen LogP contribution in [0.25, 0.3) is 10.2 Å². The number of thiophene rings is 1. The highest BCUT2D eigenvalue weighted by atomic mass is 32.2. The van der Waals surface area contributed by atoms with Crippen LogP contribution in [0, 0.1) is 0 Å². The van der Waals surface area contributed by atoms with E-state index < -0.39 is 0 Å². The van der Waals surface area contributed by atoms with Gasteiger partial charge in [0.25, 0.3) is 0 Å². The molecule has 2 aliphatic heterocycles. The summed E-state index contributed by atoms with van der Waals surface area (Å²) in [6.07, 6.45) is 3.97. The topological polar surface area (TPSA) is 59.5 Å². The summed E-state index contributed by atoms with van der Waals surface area (Å²) in [5, 5.41) is 5.64. The third-order valence-electron chi connectivity index (χ3n) is 5.57. The number of thioether (sulfide) groups is 1. The quantitative estimate of drug-likeness (QED) is 0.581. The minimum absolute atomic E-state index is 0.0930. The van der Waals surface area contributed by atoms with Crippen LogP contribution in [0.2, 0.25) is 0 Å². The number of morpholine rings is 1. The first kappa shape index (κ1) is 19.4. The third kappa shape index (κ3) is 4.10. The molecule has 4 heterocycles. The summed E-state index contributed by atoms with van der Waals surface area (Å²) in [6.45, 7) is 10.7. The van der Waals surface area contributed by atoms with Crippen LogP contribution in [0.4, 0.5) is 5.82 Å². The van der Waals surface area contributed by atoms with Crippen LogP contribution in [-0.2, 0) is 22.5 Å². The summed E-state index contributed by atoms with van der Waals surface area (Å²) >= 11 is 3.36. The van der Waals surface area contributed by atoms with Crippen molar-refractivity contribution in [2.24, 2.45) is 0 Å². The summed E-state index contributed by atoms with van der Waals surface area (Å²) in [6, 6.07) is 0. The molecule has 2 aromatic rings. The molecule has 0 bridgehead atoms. The van der Waals surface area contributed by atoms with Crippen LogP contribution in [0.15, 0.2) is 5.16 Å². The minimum atomic E-state index is -0.0930. The summed E-state index contributed by atoms with van der Waals surface area (Å²) in [4.78, 5) is 14.4. The molecule has 4 rings (SSSR count). The Morgan fingerprint density at radius 2 is 2.11 bits per heavy atom. The number of nitrogens with one attached hydrogen (secondary N) is 1. The third-order valence-corrected chi connectivity index (χ3v) is 7.22. The lowest BCUT2D eigenvalue weighted by atomic mass is 9.90. The van der Waals surface area contributed by atoms with E-state index in [-0.39, 0.29) is 5.60 Å². The lowest BCUT2D eigenvalue weighted by Crippen LogP contribution is -2.39. The lowest BCUT2D eigenvalue weighted by molar-refractivity contribution is -0.0542. The van der Waals surface area contributed by atoms with Gasteiger partial charge in [0.15, 0.2) is 5.16 Å². The molecular formula is C19H28N4O2S2. The second-order valence-corrected chi connectivity index (χ2v) is 9.25. The fraction of sp³-hybridized carbons (Fsp3) is 0.684. The number of nitrogens with zero attached hydrogens (tertiary/aromatic N) is 3. The Bertz CT molecular complexity index is 807. The Morgan fingerprint density at radius 1 is 1.30 bits per heavy atom. The second kappa shape index (κ2) is 8.21. The van der Waals surface area contributed by atoms with Gasteiger partial charge in [-0.2, -0.15) is 0 Å². The van der Waals surface area contributed by atoms with Crippen molar-refractivity contribution in [1.82, 2.24) is 14.9 Å². The van der Waals surface area contributed by atoms with Crippen LogP contribution < -0.4 is 5.32 Å². The molecule has 0 amide bonds. The normalized spacial score (nSPS) is 23.5. The van der Waals surface area contributed by atoms with Crippen molar-refractivity contribution >= 4 is 39.1 Å². The maximum absolute atomic E-state index is 6.15. The average molecular weight is 409 g/mol. The number of rotatable bonds is 6. The summed E-state index contributed by atoms with van der Waals surface area (Å²) < 4.78 is 11.6. The standard InChI is InChI=1S/C19H28N4O2S2/c1-4-19(2)11-13-14(12-25-19)27-17-15(13)16(21-18(22-17)26-3)20-5-6-23-7-9-24-10-8-23/h4-12H2,1-3H3,(H,20,21,22)/t19-/m1/s1. The van der Waals surface area contributed by atoms with Gasteiger partial charge in [-0.25, -0.2) is 9.97 Å². The SMILES string of the molecule is CC[C@]1(C)Cc2c(sc3nc(SC)nc(NCCN4CCOCC4)c23)CO1. The van der Waals surface area contributed by atoms with Gasteiger partial charge in [0.2, 0.25) is 0 Å². The van der Waals surface area contributed by atoms with Gasteiger partial charge in [0.1, 0.15) is 10.6 Å². The monoisotopic (exact) mass is 408 g/mol. The van der Waals surface area contributed by atoms with Crippen LogP contribution in [-0.4, -0.2) is 66.1 Å². The van der Waals surface area contributed by atoms with Crippen LogP contribution in [0.1, 0.15) is 30.7 Å². The molecule has 0 aliphatic carbocycles. The van der Waals surface area contributed by atoms with Gasteiger partial charge in [-0.05, 0) is 25.2 Å². The highest BCUT2D eigenvalue weighted by Gasteiger charge is 2.33. The number of hydrogen-bond donors (Lipinski definition) is 1. The minimum Gasteiger partial charge on any atom is -0.379 e. The number of anilines is 1. The number of hydrogen-bond acceptors (Lipinski definition) is 8. The molecule has 1 saturated heterocycles. The number of aromatic nitrogens is 2. The molecule has 1 N–H and O–H groups in total. The Hall–Kier alpha value is -0.930. The Labute approximate surface area is 169 Å². The fourth-order valence-electron chi connectivity index (χ4n) is 3.66. The van der Waals surface area contributed by atoms with E-state index in [0.29, 0.717) is 6.61 Å². The zero-order valence-corrected chi connectivity index (χ0v) is 18.0. The molecule has 6 nitrogen and oxygen atoms in total. The van der Waals surface area contributed by atoms with Crippen LogP contribution >= 0.6 is 23.1 Å². The maximum atomic E-state index is 6.15. The van der Waals surface area contributed by atoms with E-state index >= 15 is 0 Å². The Kier molecular flexibility index (Phi) is 5.89. The van der Waals surface area contributed by atoms with Gasteiger partial charge in [-0.15, -0.1) is 11.3 Å². The maximum Gasteiger partial charge on any atom is 0.190 e. The summed E-state index contributed by atoms with van der Waals surface area (Å²) in [5.74, 6) is 0.982. The van der Waals surface area contributed by atoms with Crippen molar-refractivity contribution in [3.8, 4) is 0 Å². The van der Waals surface area contributed by atoms with Crippen molar-refractivity contribution in [3.05, 3.63) is 10.4 Å². The molecule has 2 aliphatic rings. The van der Waals surface area contributed by atoms with E-state index in [1.165, 1.54) is 15.8 Å². The number of ether oxygens (including phenoxy) is 2. The van der Waals surface area contributed by atoms with E-state index in [4.69, 9.17) is 19.4 Å². The molecule has 0 spiro atoms. The van der Waals surface area contributed by atoms with E-state index in [1.807, 2.05) is 6.26 Å². The average Bonchev–Trinajstić information content (AvgIpc) is 3.06. The molecule has 8 heteroatoms. The van der Waals surface area contributed by atoms with E-state index in [0.717, 1.165) is 68.0 Å². The Balaban J connectivity index is 1.61. The predicted octanol–water partition coefficient (Wildman–Crippen LogP) is 3.40. The van der Waals surface area contributed by atoms with E-state index in [9.17, 15) is 0 Å². The molecular weight excluding hydrogens is 380 g/mol. The summed E-state index contributed by atoms with van der Waals surface area (Å²) in [5.41, 5.74) is 1.29. The molecule has 148 valence electrons. The zero-order valence-electron chi connectivity index (χ0n) is 16.3. The fourth-order valence-corrected chi connectivity index (χ4v) is 5.18. The molecule has 1 fully saturated rings. The molecule has 0 aromatic carbocycles. The van der Waals surface area contributed by atoms with Crippen molar-refractivity contribution < 1.29 is 9.47 Å². The Morgan fingerprint density at radius 3 is 2.85 bits per heavy atom. The first-order valence-electron chi connectivity index (χ1n) is 9.66. The van der Waals surface area contributed by atoms with Crippen molar-refractivity contribution in [1.29, 1.82) is 0 Å².